The predicted molar refractivity (Wildman–Crippen MR) is 130 cm³/mol. The molecule has 0 saturated heterocycles. The van der Waals surface area contributed by atoms with Crippen LogP contribution in [0.3, 0.4) is 0 Å². The Balaban J connectivity index is 1.60. The molecule has 4 aromatic carbocycles. The maximum Gasteiger partial charge on any atom is 0.143 e. The standard InChI is InChI=1S/C29H27NO/c1-18(2)31-26-16-8-15-24-23-13-7-14-25(23)29(30-28(24)26)27-21-11-5-3-9-19(21)17-20-10-4-6-12-22(20)27/h3-13,15-18,23,25,29-30H,14H2,1-2H3. The van der Waals surface area contributed by atoms with E-state index in [9.17, 15) is 0 Å². The van der Waals surface area contributed by atoms with Gasteiger partial charge in [0.2, 0.25) is 0 Å². The second-order valence-electron chi connectivity index (χ2n) is 9.09. The Bertz CT molecular complexity index is 1270. The van der Waals surface area contributed by atoms with Gasteiger partial charge >= 0.3 is 0 Å². The quantitative estimate of drug-likeness (QED) is 0.280. The van der Waals surface area contributed by atoms with Crippen LogP contribution >= 0.6 is 0 Å². The van der Waals surface area contributed by atoms with E-state index in [1.54, 1.807) is 0 Å². The molecule has 0 radical (unpaired) electrons. The summed E-state index contributed by atoms with van der Waals surface area (Å²) in [5.41, 5.74) is 3.93. The monoisotopic (exact) mass is 405 g/mol. The van der Waals surface area contributed by atoms with E-state index in [-0.39, 0.29) is 12.1 Å². The minimum atomic E-state index is 0.141. The number of benzene rings is 4. The van der Waals surface area contributed by atoms with Crippen LogP contribution < -0.4 is 10.1 Å². The molecule has 1 N–H and O–H groups in total. The molecule has 0 fully saturated rings. The average molecular weight is 406 g/mol. The summed E-state index contributed by atoms with van der Waals surface area (Å²) in [6.07, 6.45) is 6.00. The van der Waals surface area contributed by atoms with E-state index in [1.165, 1.54) is 32.7 Å². The van der Waals surface area contributed by atoms with Crippen molar-refractivity contribution in [2.75, 3.05) is 5.32 Å². The fraction of sp³-hybridized carbons (Fsp3) is 0.241. The highest BCUT2D eigenvalue weighted by Crippen LogP contribution is 2.54. The molecule has 1 heterocycles. The van der Waals surface area contributed by atoms with Crippen molar-refractivity contribution in [1.82, 2.24) is 0 Å². The van der Waals surface area contributed by atoms with Crippen LogP contribution in [0.25, 0.3) is 21.5 Å². The third-order valence-corrected chi connectivity index (χ3v) is 6.85. The van der Waals surface area contributed by atoms with Gasteiger partial charge < -0.3 is 10.1 Å². The Labute approximate surface area is 183 Å². The van der Waals surface area contributed by atoms with E-state index in [2.05, 4.69) is 104 Å². The Hall–Kier alpha value is -3.26. The first-order valence-corrected chi connectivity index (χ1v) is 11.3. The summed E-state index contributed by atoms with van der Waals surface area (Å²) in [4.78, 5) is 0. The van der Waals surface area contributed by atoms with Gasteiger partial charge in [-0.05, 0) is 71.0 Å². The smallest absolute Gasteiger partial charge is 0.143 e. The highest BCUT2D eigenvalue weighted by Gasteiger charge is 2.40. The average Bonchev–Trinajstić information content (AvgIpc) is 3.27. The van der Waals surface area contributed by atoms with E-state index in [0.29, 0.717) is 11.8 Å². The highest BCUT2D eigenvalue weighted by molar-refractivity contribution is 6.03. The molecule has 0 saturated carbocycles. The zero-order valence-corrected chi connectivity index (χ0v) is 18.0. The van der Waals surface area contributed by atoms with Crippen molar-refractivity contribution in [1.29, 1.82) is 0 Å². The Morgan fingerprint density at radius 3 is 2.29 bits per heavy atom. The van der Waals surface area contributed by atoms with Gasteiger partial charge in [-0.3, -0.25) is 0 Å². The van der Waals surface area contributed by atoms with Crippen molar-refractivity contribution in [2.45, 2.75) is 38.3 Å². The third-order valence-electron chi connectivity index (χ3n) is 6.85. The van der Waals surface area contributed by atoms with Crippen LogP contribution in [-0.2, 0) is 0 Å². The lowest BCUT2D eigenvalue weighted by atomic mass is 9.75. The van der Waals surface area contributed by atoms with E-state index < -0.39 is 0 Å². The molecule has 154 valence electrons. The van der Waals surface area contributed by atoms with Gasteiger partial charge in [-0.1, -0.05) is 72.8 Å². The SMILES string of the molecule is CC(C)Oc1cccc2c1NC(c1c3ccccc3cc3ccccc13)C1CC=CC21. The zero-order chi connectivity index (χ0) is 20.9. The normalized spacial score (nSPS) is 21.8. The lowest BCUT2D eigenvalue weighted by Crippen LogP contribution is -2.30. The molecule has 0 spiro atoms. The summed E-state index contributed by atoms with van der Waals surface area (Å²) in [7, 11) is 0. The van der Waals surface area contributed by atoms with E-state index in [4.69, 9.17) is 4.74 Å². The Morgan fingerprint density at radius 1 is 0.871 bits per heavy atom. The van der Waals surface area contributed by atoms with Crippen LogP contribution in [0, 0.1) is 5.92 Å². The lowest BCUT2D eigenvalue weighted by molar-refractivity contribution is 0.242. The molecule has 2 heteroatoms. The second-order valence-corrected chi connectivity index (χ2v) is 9.09. The summed E-state index contributed by atoms with van der Waals surface area (Å²) in [5, 5.41) is 9.27. The lowest BCUT2D eigenvalue weighted by Gasteiger charge is -2.39. The fourth-order valence-corrected chi connectivity index (χ4v) is 5.61. The summed E-state index contributed by atoms with van der Waals surface area (Å²) in [5.74, 6) is 1.87. The third kappa shape index (κ3) is 2.93. The van der Waals surface area contributed by atoms with E-state index >= 15 is 0 Å². The molecular formula is C29H27NO. The number of anilines is 1. The first-order chi connectivity index (χ1) is 15.2. The zero-order valence-electron chi connectivity index (χ0n) is 18.0. The van der Waals surface area contributed by atoms with Crippen LogP contribution in [0.4, 0.5) is 5.69 Å². The largest absolute Gasteiger partial charge is 0.489 e. The van der Waals surface area contributed by atoms with Gasteiger partial charge in [0.05, 0.1) is 17.8 Å². The number of hydrogen-bond acceptors (Lipinski definition) is 2. The van der Waals surface area contributed by atoms with Crippen LogP contribution in [-0.4, -0.2) is 6.10 Å². The number of fused-ring (bicyclic) bond motifs is 5. The summed E-state index contributed by atoms with van der Waals surface area (Å²) in [6.45, 7) is 4.19. The molecule has 2 nitrogen and oxygen atoms in total. The maximum atomic E-state index is 6.23. The summed E-state index contributed by atoms with van der Waals surface area (Å²) >= 11 is 0. The number of hydrogen-bond donors (Lipinski definition) is 1. The molecule has 6 rings (SSSR count). The number of para-hydroxylation sites is 1. The molecule has 0 aromatic heterocycles. The predicted octanol–water partition coefficient (Wildman–Crippen LogP) is 7.61. The fourth-order valence-electron chi connectivity index (χ4n) is 5.61. The number of rotatable bonds is 3. The van der Waals surface area contributed by atoms with Crippen molar-refractivity contribution >= 4 is 27.2 Å². The van der Waals surface area contributed by atoms with Gasteiger partial charge in [0, 0.05) is 5.92 Å². The number of ether oxygens (including phenoxy) is 1. The van der Waals surface area contributed by atoms with Crippen molar-refractivity contribution in [2.24, 2.45) is 5.92 Å². The molecule has 3 atom stereocenters. The van der Waals surface area contributed by atoms with Gasteiger partial charge in [-0.25, -0.2) is 0 Å². The minimum Gasteiger partial charge on any atom is -0.489 e. The van der Waals surface area contributed by atoms with Crippen LogP contribution in [0.5, 0.6) is 5.75 Å². The first kappa shape index (κ1) is 18.5. The molecule has 1 aliphatic heterocycles. The van der Waals surface area contributed by atoms with Gasteiger partial charge in [0.15, 0.2) is 0 Å². The molecule has 4 aromatic rings. The molecule has 31 heavy (non-hydrogen) atoms. The Morgan fingerprint density at radius 2 is 1.58 bits per heavy atom. The molecule has 0 amide bonds. The summed E-state index contributed by atoms with van der Waals surface area (Å²) < 4.78 is 6.23. The van der Waals surface area contributed by atoms with Gasteiger partial charge in [0.25, 0.3) is 0 Å². The van der Waals surface area contributed by atoms with E-state index in [1.807, 2.05) is 0 Å². The molecule has 3 unspecified atom stereocenters. The van der Waals surface area contributed by atoms with Gasteiger partial charge in [-0.15, -0.1) is 0 Å². The second kappa shape index (κ2) is 7.16. The van der Waals surface area contributed by atoms with E-state index in [0.717, 1.165) is 17.9 Å². The topological polar surface area (TPSA) is 21.3 Å². The molecule has 2 aliphatic rings. The van der Waals surface area contributed by atoms with Crippen LogP contribution in [0.1, 0.15) is 43.4 Å². The van der Waals surface area contributed by atoms with Crippen molar-refractivity contribution < 1.29 is 4.74 Å². The van der Waals surface area contributed by atoms with Gasteiger partial charge in [0.1, 0.15) is 5.75 Å². The summed E-state index contributed by atoms with van der Waals surface area (Å²) in [6, 6.07) is 26.7. The van der Waals surface area contributed by atoms with Crippen LogP contribution in [0.2, 0.25) is 0 Å². The van der Waals surface area contributed by atoms with Crippen molar-refractivity contribution in [3.05, 3.63) is 96.1 Å². The maximum absolute atomic E-state index is 6.23. The first-order valence-electron chi connectivity index (χ1n) is 11.3. The number of allylic oxidation sites excluding steroid dienone is 2. The number of nitrogens with one attached hydrogen (secondary N) is 1. The van der Waals surface area contributed by atoms with Crippen molar-refractivity contribution in [3.8, 4) is 5.75 Å². The highest BCUT2D eigenvalue weighted by atomic mass is 16.5. The van der Waals surface area contributed by atoms with Crippen LogP contribution in [0.15, 0.2) is 84.9 Å². The minimum absolute atomic E-state index is 0.141. The Kier molecular flexibility index (Phi) is 4.27. The van der Waals surface area contributed by atoms with Gasteiger partial charge in [-0.2, -0.15) is 0 Å². The molecule has 0 bridgehead atoms. The molecule has 1 aliphatic carbocycles. The molecular weight excluding hydrogens is 378 g/mol. The van der Waals surface area contributed by atoms with Crippen molar-refractivity contribution in [3.63, 3.8) is 0 Å².